The number of hydrogen-bond donors (Lipinski definition) is 1. The number of nitrogens with one attached hydrogen (secondary N) is 1. The molecular weight excluding hydrogens is 442 g/mol. The third-order valence-electron chi connectivity index (χ3n) is 5.78. The summed E-state index contributed by atoms with van der Waals surface area (Å²) in [5.74, 6) is 0.222. The Bertz CT molecular complexity index is 1190. The first-order valence-corrected chi connectivity index (χ1v) is 13.0. The molecule has 32 heavy (non-hydrogen) atoms. The van der Waals surface area contributed by atoms with Gasteiger partial charge in [-0.25, -0.2) is 13.4 Å². The zero-order chi connectivity index (χ0) is 22.9. The van der Waals surface area contributed by atoms with E-state index in [4.69, 9.17) is 0 Å². The van der Waals surface area contributed by atoms with Crippen LogP contribution < -0.4 is 5.32 Å². The van der Waals surface area contributed by atoms with Crippen molar-refractivity contribution in [3.63, 3.8) is 0 Å². The lowest BCUT2D eigenvalue weighted by Crippen LogP contribution is -2.52. The van der Waals surface area contributed by atoms with Crippen LogP contribution in [0.4, 0.5) is 0 Å². The molecule has 6 nitrogen and oxygen atoms in total. The van der Waals surface area contributed by atoms with E-state index in [0.29, 0.717) is 4.90 Å². The number of aromatic nitrogens is 1. The maximum absolute atomic E-state index is 12.3. The number of amides is 1. The highest BCUT2D eigenvalue weighted by Gasteiger charge is 2.31. The van der Waals surface area contributed by atoms with Crippen molar-refractivity contribution in [1.29, 1.82) is 0 Å². The van der Waals surface area contributed by atoms with Gasteiger partial charge in [0.15, 0.2) is 9.84 Å². The first kappa shape index (κ1) is 22.6. The van der Waals surface area contributed by atoms with Crippen molar-refractivity contribution < 1.29 is 13.2 Å². The Morgan fingerprint density at radius 2 is 1.72 bits per heavy atom. The number of nitrogens with zero attached hydrogens (tertiary/aromatic N) is 2. The summed E-state index contributed by atoms with van der Waals surface area (Å²) in [6, 6.07) is 15.4. The van der Waals surface area contributed by atoms with Gasteiger partial charge in [-0.15, -0.1) is 11.3 Å². The fraction of sp³-hybridized carbons (Fsp3) is 0.333. The van der Waals surface area contributed by atoms with Crippen LogP contribution in [0.3, 0.4) is 0 Å². The molecule has 0 radical (unpaired) electrons. The Kier molecular flexibility index (Phi) is 6.46. The highest BCUT2D eigenvalue weighted by atomic mass is 32.2. The van der Waals surface area contributed by atoms with Crippen molar-refractivity contribution in [3.8, 4) is 21.0 Å². The van der Waals surface area contributed by atoms with Gasteiger partial charge < -0.3 is 5.32 Å². The van der Waals surface area contributed by atoms with Gasteiger partial charge >= 0.3 is 0 Å². The summed E-state index contributed by atoms with van der Waals surface area (Å²) < 4.78 is 24.6. The molecule has 0 aliphatic carbocycles. The molecule has 1 aliphatic heterocycles. The second-order valence-corrected chi connectivity index (χ2v) is 11.9. The van der Waals surface area contributed by atoms with Gasteiger partial charge in [-0.05, 0) is 37.1 Å². The summed E-state index contributed by atoms with van der Waals surface area (Å²) in [6.07, 6.45) is 1.83. The van der Waals surface area contributed by atoms with Crippen LogP contribution in [0.2, 0.25) is 0 Å². The molecule has 8 heteroatoms. The number of likely N-dealkylation sites (tertiary alicyclic amines) is 1. The zero-order valence-corrected chi connectivity index (χ0v) is 20.0. The van der Waals surface area contributed by atoms with Gasteiger partial charge in [-0.3, -0.25) is 9.69 Å². The summed E-state index contributed by atoms with van der Waals surface area (Å²) in [5, 5.41) is 3.19. The maximum Gasteiger partial charge on any atom is 0.225 e. The Morgan fingerprint density at radius 3 is 2.31 bits per heavy atom. The largest absolute Gasteiger partial charge is 0.359 e. The Morgan fingerprint density at radius 1 is 1.09 bits per heavy atom. The minimum atomic E-state index is -3.27. The number of benzene rings is 2. The third-order valence-corrected chi connectivity index (χ3v) is 9.04. The molecule has 168 valence electrons. The van der Waals surface area contributed by atoms with Gasteiger partial charge in [0, 0.05) is 38.4 Å². The molecule has 0 unspecified atom stereocenters. The van der Waals surface area contributed by atoms with Crippen LogP contribution in [0.1, 0.15) is 19.4 Å². The van der Waals surface area contributed by atoms with Crippen molar-refractivity contribution >= 4 is 27.1 Å². The smallest absolute Gasteiger partial charge is 0.225 e. The monoisotopic (exact) mass is 469 g/mol. The zero-order valence-electron chi connectivity index (χ0n) is 18.4. The molecule has 0 atom stereocenters. The van der Waals surface area contributed by atoms with E-state index in [-0.39, 0.29) is 11.8 Å². The van der Waals surface area contributed by atoms with Crippen LogP contribution in [-0.4, -0.2) is 49.6 Å². The Hall–Kier alpha value is -2.55. The average Bonchev–Trinajstić information content (AvgIpc) is 3.26. The van der Waals surface area contributed by atoms with Crippen LogP contribution in [0.25, 0.3) is 21.0 Å². The van der Waals surface area contributed by atoms with E-state index in [1.165, 1.54) is 5.56 Å². The van der Waals surface area contributed by atoms with Gasteiger partial charge in [0.25, 0.3) is 0 Å². The van der Waals surface area contributed by atoms with Crippen molar-refractivity contribution in [3.05, 3.63) is 60.3 Å². The second-order valence-electron chi connectivity index (χ2n) is 8.35. The molecule has 1 amide bonds. The summed E-state index contributed by atoms with van der Waals surface area (Å²) in [4.78, 5) is 19.8. The second kappa shape index (κ2) is 9.13. The molecular formula is C24H27N3O3S2. The number of thiazole rings is 1. The molecule has 1 aliphatic rings. The van der Waals surface area contributed by atoms with E-state index in [1.807, 2.05) is 18.3 Å². The fourth-order valence-electron chi connectivity index (χ4n) is 3.70. The SMILES string of the molecule is CNC(=O)C1CN(Cc2ccc(-c3ncc(-c4ccc(S(=O)(=O)C(C)C)cc4)s3)cc2)C1. The van der Waals surface area contributed by atoms with Crippen molar-refractivity contribution in [1.82, 2.24) is 15.2 Å². The summed E-state index contributed by atoms with van der Waals surface area (Å²) >= 11 is 1.58. The number of carbonyl (C=O) groups excluding carboxylic acids is 1. The van der Waals surface area contributed by atoms with Crippen molar-refractivity contribution in [2.45, 2.75) is 30.5 Å². The van der Waals surface area contributed by atoms with E-state index in [2.05, 4.69) is 39.5 Å². The van der Waals surface area contributed by atoms with Crippen LogP contribution in [0, 0.1) is 5.92 Å². The van der Waals surface area contributed by atoms with Gasteiger partial charge in [-0.2, -0.15) is 0 Å². The molecule has 4 rings (SSSR count). The molecule has 1 fully saturated rings. The number of carbonyl (C=O) groups is 1. The topological polar surface area (TPSA) is 79.4 Å². The number of hydrogen-bond acceptors (Lipinski definition) is 6. The van der Waals surface area contributed by atoms with E-state index < -0.39 is 15.1 Å². The lowest BCUT2D eigenvalue weighted by atomic mass is 9.98. The molecule has 1 aromatic heterocycles. The summed E-state index contributed by atoms with van der Waals surface area (Å²) in [7, 11) is -1.59. The predicted molar refractivity (Wildman–Crippen MR) is 128 cm³/mol. The average molecular weight is 470 g/mol. The van der Waals surface area contributed by atoms with E-state index in [9.17, 15) is 13.2 Å². The van der Waals surface area contributed by atoms with Crippen LogP contribution in [0.5, 0.6) is 0 Å². The normalized spacial score (nSPS) is 15.0. The Balaban J connectivity index is 1.41. The lowest BCUT2D eigenvalue weighted by Gasteiger charge is -2.38. The molecule has 0 spiro atoms. The molecule has 2 heterocycles. The van der Waals surface area contributed by atoms with Crippen molar-refractivity contribution in [2.75, 3.05) is 20.1 Å². The predicted octanol–water partition coefficient (Wildman–Crippen LogP) is 3.84. The summed E-state index contributed by atoms with van der Waals surface area (Å²) in [5.41, 5.74) is 3.22. The van der Waals surface area contributed by atoms with Crippen LogP contribution >= 0.6 is 11.3 Å². The van der Waals surface area contributed by atoms with Crippen LogP contribution in [0.15, 0.2) is 59.6 Å². The van der Waals surface area contributed by atoms with Crippen LogP contribution in [-0.2, 0) is 21.2 Å². The molecule has 3 aromatic rings. The molecule has 0 bridgehead atoms. The standard InChI is InChI=1S/C24H27N3O3S2/c1-16(2)32(29,30)21-10-8-18(9-11-21)22-12-26-24(31-22)19-6-4-17(5-7-19)13-27-14-20(15-27)23(28)25-3/h4-12,16,20H,13-15H2,1-3H3,(H,25,28). The van der Waals surface area contributed by atoms with Gasteiger partial charge in [0.1, 0.15) is 5.01 Å². The number of sulfone groups is 1. The fourth-order valence-corrected chi connectivity index (χ4v) is 5.69. The first-order chi connectivity index (χ1) is 15.3. The maximum atomic E-state index is 12.3. The highest BCUT2D eigenvalue weighted by molar-refractivity contribution is 7.92. The van der Waals surface area contributed by atoms with E-state index in [1.54, 1.807) is 44.4 Å². The third kappa shape index (κ3) is 4.62. The minimum Gasteiger partial charge on any atom is -0.359 e. The minimum absolute atomic E-state index is 0.104. The quantitative estimate of drug-likeness (QED) is 0.569. The highest BCUT2D eigenvalue weighted by Crippen LogP contribution is 2.33. The Labute approximate surface area is 193 Å². The van der Waals surface area contributed by atoms with E-state index >= 15 is 0 Å². The lowest BCUT2D eigenvalue weighted by molar-refractivity contribution is -0.129. The van der Waals surface area contributed by atoms with E-state index in [0.717, 1.165) is 40.6 Å². The molecule has 1 N–H and O–H groups in total. The first-order valence-electron chi connectivity index (χ1n) is 10.6. The van der Waals surface area contributed by atoms with Gasteiger partial charge in [0.2, 0.25) is 5.91 Å². The molecule has 0 saturated carbocycles. The van der Waals surface area contributed by atoms with Gasteiger partial charge in [-0.1, -0.05) is 36.4 Å². The number of rotatable bonds is 7. The molecule has 2 aromatic carbocycles. The van der Waals surface area contributed by atoms with Gasteiger partial charge in [0.05, 0.1) is 20.9 Å². The summed E-state index contributed by atoms with van der Waals surface area (Å²) in [6.45, 7) is 5.82. The van der Waals surface area contributed by atoms with Crippen molar-refractivity contribution in [2.24, 2.45) is 5.92 Å². The molecule has 1 saturated heterocycles.